The van der Waals surface area contributed by atoms with E-state index in [1.165, 1.54) is 0 Å². The number of hydrogen-bond donors (Lipinski definition) is 1. The first-order valence-corrected chi connectivity index (χ1v) is 5.31. The third kappa shape index (κ3) is 2.02. The van der Waals surface area contributed by atoms with E-state index < -0.39 is 5.60 Å². The van der Waals surface area contributed by atoms with Gasteiger partial charge in [-0.15, -0.1) is 0 Å². The smallest absolute Gasteiger partial charge is 0.119 e. The maximum Gasteiger partial charge on any atom is 0.119 e. The summed E-state index contributed by atoms with van der Waals surface area (Å²) >= 11 is 0. The van der Waals surface area contributed by atoms with E-state index in [1.807, 2.05) is 36.4 Å². The van der Waals surface area contributed by atoms with Crippen LogP contribution in [0.4, 0.5) is 0 Å². The van der Waals surface area contributed by atoms with E-state index >= 15 is 0 Å². The highest BCUT2D eigenvalue weighted by Crippen LogP contribution is 2.26. The van der Waals surface area contributed by atoms with E-state index in [2.05, 4.69) is 0 Å². The topological polar surface area (TPSA) is 29.5 Å². The molecule has 0 aliphatic heterocycles. The SMILES string of the molecule is COc1ccc2cc(C(C)(C)O)ccc2c1. The minimum atomic E-state index is -0.798. The molecule has 2 aromatic carbocycles. The van der Waals surface area contributed by atoms with Gasteiger partial charge in [0.25, 0.3) is 0 Å². The van der Waals surface area contributed by atoms with Crippen molar-refractivity contribution in [2.75, 3.05) is 7.11 Å². The zero-order valence-electron chi connectivity index (χ0n) is 9.82. The maximum atomic E-state index is 9.92. The number of hydrogen-bond acceptors (Lipinski definition) is 2. The quantitative estimate of drug-likeness (QED) is 0.836. The van der Waals surface area contributed by atoms with Crippen molar-refractivity contribution in [3.05, 3.63) is 42.0 Å². The summed E-state index contributed by atoms with van der Waals surface area (Å²) in [5, 5.41) is 12.2. The minimum absolute atomic E-state index is 0.798. The summed E-state index contributed by atoms with van der Waals surface area (Å²) < 4.78 is 5.17. The van der Waals surface area contributed by atoms with Crippen molar-refractivity contribution in [2.45, 2.75) is 19.4 Å². The molecular weight excluding hydrogens is 200 g/mol. The van der Waals surface area contributed by atoms with Crippen molar-refractivity contribution in [2.24, 2.45) is 0 Å². The first kappa shape index (κ1) is 11.0. The van der Waals surface area contributed by atoms with Crippen LogP contribution in [0.5, 0.6) is 5.75 Å². The van der Waals surface area contributed by atoms with Gasteiger partial charge in [-0.05, 0) is 48.4 Å². The average Bonchev–Trinajstić information content (AvgIpc) is 2.26. The zero-order chi connectivity index (χ0) is 11.8. The number of aliphatic hydroxyl groups is 1. The Morgan fingerprint density at radius 1 is 1.00 bits per heavy atom. The Morgan fingerprint density at radius 2 is 1.62 bits per heavy atom. The fourth-order valence-electron chi connectivity index (χ4n) is 1.73. The number of methoxy groups -OCH3 is 1. The van der Waals surface area contributed by atoms with Gasteiger partial charge in [0.05, 0.1) is 12.7 Å². The zero-order valence-corrected chi connectivity index (χ0v) is 9.82. The third-order valence-electron chi connectivity index (χ3n) is 2.75. The van der Waals surface area contributed by atoms with E-state index in [9.17, 15) is 5.11 Å². The van der Waals surface area contributed by atoms with Crippen molar-refractivity contribution < 1.29 is 9.84 Å². The van der Waals surface area contributed by atoms with Gasteiger partial charge in [0.15, 0.2) is 0 Å². The fourth-order valence-corrected chi connectivity index (χ4v) is 1.73. The highest BCUT2D eigenvalue weighted by Gasteiger charge is 2.15. The molecule has 0 saturated carbocycles. The van der Waals surface area contributed by atoms with E-state index in [4.69, 9.17) is 4.74 Å². The van der Waals surface area contributed by atoms with Crippen LogP contribution in [0.25, 0.3) is 10.8 Å². The average molecular weight is 216 g/mol. The van der Waals surface area contributed by atoms with Crippen molar-refractivity contribution in [1.29, 1.82) is 0 Å². The molecule has 0 aliphatic carbocycles. The predicted octanol–water partition coefficient (Wildman–Crippen LogP) is 3.08. The molecule has 0 radical (unpaired) electrons. The standard InChI is InChI=1S/C14H16O2/c1-14(2,15)12-6-4-11-9-13(16-3)7-5-10(11)8-12/h4-9,15H,1-3H3. The molecular formula is C14H16O2. The summed E-state index contributed by atoms with van der Waals surface area (Å²) in [5.41, 5.74) is 0.124. The summed E-state index contributed by atoms with van der Waals surface area (Å²) in [6.07, 6.45) is 0. The normalized spacial score (nSPS) is 11.8. The van der Waals surface area contributed by atoms with Crippen molar-refractivity contribution >= 4 is 10.8 Å². The van der Waals surface area contributed by atoms with Crippen LogP contribution in [0.3, 0.4) is 0 Å². The van der Waals surface area contributed by atoms with Crippen LogP contribution in [-0.2, 0) is 5.60 Å². The van der Waals surface area contributed by atoms with Crippen LogP contribution >= 0.6 is 0 Å². The van der Waals surface area contributed by atoms with Gasteiger partial charge < -0.3 is 9.84 Å². The summed E-state index contributed by atoms with van der Waals surface area (Å²) in [6, 6.07) is 11.9. The highest BCUT2D eigenvalue weighted by molar-refractivity contribution is 5.84. The Labute approximate surface area is 95.5 Å². The van der Waals surface area contributed by atoms with E-state index in [0.717, 1.165) is 22.1 Å². The summed E-state index contributed by atoms with van der Waals surface area (Å²) in [7, 11) is 1.66. The molecule has 0 amide bonds. The van der Waals surface area contributed by atoms with Gasteiger partial charge in [0.1, 0.15) is 5.75 Å². The molecule has 0 aromatic heterocycles. The lowest BCUT2D eigenvalue weighted by Crippen LogP contribution is -2.14. The molecule has 0 aliphatic rings. The number of rotatable bonds is 2. The number of fused-ring (bicyclic) bond motifs is 1. The molecule has 2 rings (SSSR count). The predicted molar refractivity (Wildman–Crippen MR) is 65.7 cm³/mol. The largest absolute Gasteiger partial charge is 0.497 e. The first-order valence-electron chi connectivity index (χ1n) is 5.31. The van der Waals surface area contributed by atoms with Gasteiger partial charge in [-0.2, -0.15) is 0 Å². The second-order valence-corrected chi connectivity index (χ2v) is 4.49. The van der Waals surface area contributed by atoms with Gasteiger partial charge in [-0.1, -0.05) is 18.2 Å². The number of benzene rings is 2. The van der Waals surface area contributed by atoms with E-state index in [-0.39, 0.29) is 0 Å². The second kappa shape index (κ2) is 3.80. The Kier molecular flexibility index (Phi) is 2.60. The molecule has 2 nitrogen and oxygen atoms in total. The van der Waals surface area contributed by atoms with Gasteiger partial charge in [0, 0.05) is 0 Å². The Hall–Kier alpha value is -1.54. The molecule has 0 spiro atoms. The monoisotopic (exact) mass is 216 g/mol. The minimum Gasteiger partial charge on any atom is -0.497 e. The molecule has 2 aromatic rings. The van der Waals surface area contributed by atoms with Gasteiger partial charge in [-0.25, -0.2) is 0 Å². The van der Waals surface area contributed by atoms with Gasteiger partial charge >= 0.3 is 0 Å². The van der Waals surface area contributed by atoms with Gasteiger partial charge in [-0.3, -0.25) is 0 Å². The van der Waals surface area contributed by atoms with Crippen LogP contribution < -0.4 is 4.74 Å². The number of ether oxygens (including phenoxy) is 1. The van der Waals surface area contributed by atoms with E-state index in [1.54, 1.807) is 21.0 Å². The molecule has 2 heteroatoms. The molecule has 0 atom stereocenters. The lowest BCUT2D eigenvalue weighted by atomic mass is 9.95. The molecule has 16 heavy (non-hydrogen) atoms. The second-order valence-electron chi connectivity index (χ2n) is 4.49. The van der Waals surface area contributed by atoms with Crippen LogP contribution in [0.1, 0.15) is 19.4 Å². The summed E-state index contributed by atoms with van der Waals surface area (Å²) in [6.45, 7) is 3.58. The third-order valence-corrected chi connectivity index (χ3v) is 2.75. The summed E-state index contributed by atoms with van der Waals surface area (Å²) in [4.78, 5) is 0. The molecule has 1 N–H and O–H groups in total. The molecule has 0 bridgehead atoms. The van der Waals surface area contributed by atoms with Crippen molar-refractivity contribution in [3.63, 3.8) is 0 Å². The Bertz CT molecular complexity index is 510. The molecule has 0 fully saturated rings. The lowest BCUT2D eigenvalue weighted by Gasteiger charge is -2.18. The molecule has 84 valence electrons. The van der Waals surface area contributed by atoms with Crippen molar-refractivity contribution in [3.8, 4) is 5.75 Å². The maximum absolute atomic E-state index is 9.92. The lowest BCUT2D eigenvalue weighted by molar-refractivity contribution is 0.0787. The highest BCUT2D eigenvalue weighted by atomic mass is 16.5. The van der Waals surface area contributed by atoms with Crippen LogP contribution in [0.2, 0.25) is 0 Å². The molecule has 0 saturated heterocycles. The van der Waals surface area contributed by atoms with Gasteiger partial charge in [0.2, 0.25) is 0 Å². The first-order chi connectivity index (χ1) is 7.50. The fraction of sp³-hybridized carbons (Fsp3) is 0.286. The van der Waals surface area contributed by atoms with Crippen LogP contribution in [0, 0.1) is 0 Å². The Morgan fingerprint density at radius 3 is 2.25 bits per heavy atom. The van der Waals surface area contributed by atoms with Crippen molar-refractivity contribution in [1.82, 2.24) is 0 Å². The molecule has 0 unspecified atom stereocenters. The van der Waals surface area contributed by atoms with Crippen LogP contribution in [-0.4, -0.2) is 12.2 Å². The summed E-state index contributed by atoms with van der Waals surface area (Å²) in [5.74, 6) is 0.850. The Balaban J connectivity index is 2.56. The van der Waals surface area contributed by atoms with Crippen LogP contribution in [0.15, 0.2) is 36.4 Å². The molecule has 0 heterocycles. The van der Waals surface area contributed by atoms with E-state index in [0.29, 0.717) is 0 Å².